The van der Waals surface area contributed by atoms with Crippen LogP contribution in [0.5, 0.6) is 0 Å². The summed E-state index contributed by atoms with van der Waals surface area (Å²) in [4.78, 5) is 24.2. The van der Waals surface area contributed by atoms with Gasteiger partial charge >= 0.3 is 5.97 Å². The largest absolute Gasteiger partial charge is 0.480 e. The second-order valence-electron chi connectivity index (χ2n) is 4.22. The SMILES string of the molecule is Cc1ccc(N2CC(=O)NCC2C(=O)O)cc1Br. The smallest absolute Gasteiger partial charge is 0.328 e. The number of amides is 1. The number of hydrogen-bond acceptors (Lipinski definition) is 3. The van der Waals surface area contributed by atoms with Gasteiger partial charge in [0.2, 0.25) is 5.91 Å². The molecule has 1 fully saturated rings. The third kappa shape index (κ3) is 2.48. The molecule has 1 aliphatic rings. The summed E-state index contributed by atoms with van der Waals surface area (Å²) in [7, 11) is 0. The van der Waals surface area contributed by atoms with E-state index in [0.717, 1.165) is 15.7 Å². The molecule has 1 atom stereocenters. The first-order valence-corrected chi connectivity index (χ1v) is 6.30. The maximum absolute atomic E-state index is 11.4. The first kappa shape index (κ1) is 12.9. The maximum Gasteiger partial charge on any atom is 0.328 e. The van der Waals surface area contributed by atoms with E-state index >= 15 is 0 Å². The fourth-order valence-electron chi connectivity index (χ4n) is 1.89. The van der Waals surface area contributed by atoms with Crippen molar-refractivity contribution in [1.82, 2.24) is 5.32 Å². The highest BCUT2D eigenvalue weighted by Gasteiger charge is 2.32. The number of nitrogens with one attached hydrogen (secondary N) is 1. The fourth-order valence-corrected chi connectivity index (χ4v) is 2.26. The van der Waals surface area contributed by atoms with Crippen LogP contribution in [0.15, 0.2) is 22.7 Å². The minimum atomic E-state index is -0.938. The van der Waals surface area contributed by atoms with Gasteiger partial charge in [0.1, 0.15) is 6.04 Å². The first-order chi connectivity index (χ1) is 8.49. The Morgan fingerprint density at radius 3 is 2.89 bits per heavy atom. The third-order valence-electron chi connectivity index (χ3n) is 2.95. The summed E-state index contributed by atoms with van der Waals surface area (Å²) in [5, 5.41) is 11.7. The Hall–Kier alpha value is -1.56. The zero-order chi connectivity index (χ0) is 13.3. The predicted molar refractivity (Wildman–Crippen MR) is 70.7 cm³/mol. The standard InChI is InChI=1S/C12H13BrN2O3/c1-7-2-3-8(4-9(7)13)15-6-11(16)14-5-10(15)12(17)18/h2-4,10H,5-6H2,1H3,(H,14,16)(H,17,18). The van der Waals surface area contributed by atoms with Crippen molar-refractivity contribution in [2.45, 2.75) is 13.0 Å². The van der Waals surface area contributed by atoms with E-state index in [4.69, 9.17) is 0 Å². The van der Waals surface area contributed by atoms with Crippen molar-refractivity contribution in [2.24, 2.45) is 0 Å². The minimum absolute atomic E-state index is 0.0620. The van der Waals surface area contributed by atoms with Crippen molar-refractivity contribution in [3.05, 3.63) is 28.2 Å². The van der Waals surface area contributed by atoms with E-state index in [9.17, 15) is 14.7 Å². The predicted octanol–water partition coefficient (Wildman–Crippen LogP) is 1.15. The molecule has 2 rings (SSSR count). The number of halogens is 1. The summed E-state index contributed by atoms with van der Waals surface area (Å²) < 4.78 is 0.898. The van der Waals surface area contributed by atoms with Gasteiger partial charge in [0.25, 0.3) is 0 Å². The Balaban J connectivity index is 2.34. The highest BCUT2D eigenvalue weighted by atomic mass is 79.9. The summed E-state index contributed by atoms with van der Waals surface area (Å²) in [5.41, 5.74) is 1.79. The number of aryl methyl sites for hydroxylation is 1. The number of hydrogen-bond donors (Lipinski definition) is 2. The summed E-state index contributed by atoms with van der Waals surface area (Å²) in [6, 6.07) is 4.83. The van der Waals surface area contributed by atoms with Gasteiger partial charge in [0, 0.05) is 16.7 Å². The molecular weight excluding hydrogens is 300 g/mol. The molecule has 1 aromatic rings. The van der Waals surface area contributed by atoms with Crippen molar-refractivity contribution < 1.29 is 14.7 Å². The number of carboxylic acids is 1. The van der Waals surface area contributed by atoms with Gasteiger partial charge in [0.15, 0.2) is 0 Å². The van der Waals surface area contributed by atoms with Crippen molar-refractivity contribution >= 4 is 33.5 Å². The van der Waals surface area contributed by atoms with Crippen LogP contribution in [0.25, 0.3) is 0 Å². The number of aliphatic carboxylic acids is 1. The van der Waals surface area contributed by atoms with Crippen molar-refractivity contribution in [3.8, 4) is 0 Å². The number of benzene rings is 1. The Bertz CT molecular complexity index is 504. The van der Waals surface area contributed by atoms with Crippen LogP contribution < -0.4 is 10.2 Å². The van der Waals surface area contributed by atoms with Crippen molar-refractivity contribution in [1.29, 1.82) is 0 Å². The normalized spacial score (nSPS) is 19.6. The highest BCUT2D eigenvalue weighted by Crippen LogP contribution is 2.25. The molecule has 0 radical (unpaired) electrons. The molecule has 1 aliphatic heterocycles. The topological polar surface area (TPSA) is 69.6 Å². The van der Waals surface area contributed by atoms with E-state index in [1.54, 1.807) is 4.90 Å². The summed E-state index contributed by atoms with van der Waals surface area (Å²) in [5.74, 6) is -1.10. The molecule has 0 bridgehead atoms. The molecule has 0 aliphatic carbocycles. The van der Waals surface area contributed by atoms with E-state index in [2.05, 4.69) is 21.2 Å². The lowest BCUT2D eigenvalue weighted by atomic mass is 10.1. The molecule has 1 heterocycles. The molecule has 2 N–H and O–H groups in total. The van der Waals surface area contributed by atoms with Gasteiger partial charge in [-0.05, 0) is 24.6 Å². The molecule has 1 amide bonds. The fraction of sp³-hybridized carbons (Fsp3) is 0.333. The third-order valence-corrected chi connectivity index (χ3v) is 3.81. The van der Waals surface area contributed by atoms with Crippen LogP contribution in [0.3, 0.4) is 0 Å². The molecular formula is C12H13BrN2O3. The van der Waals surface area contributed by atoms with Gasteiger partial charge in [0.05, 0.1) is 6.54 Å². The van der Waals surface area contributed by atoms with Crippen molar-refractivity contribution in [2.75, 3.05) is 18.0 Å². The van der Waals surface area contributed by atoms with E-state index in [-0.39, 0.29) is 19.0 Å². The molecule has 5 nitrogen and oxygen atoms in total. The van der Waals surface area contributed by atoms with Gasteiger partial charge in [-0.2, -0.15) is 0 Å². The lowest BCUT2D eigenvalue weighted by Crippen LogP contribution is -2.57. The van der Waals surface area contributed by atoms with Crippen LogP contribution in [0.2, 0.25) is 0 Å². The Morgan fingerprint density at radius 1 is 1.56 bits per heavy atom. The Morgan fingerprint density at radius 2 is 2.28 bits per heavy atom. The molecule has 1 unspecified atom stereocenters. The number of carbonyl (C=O) groups excluding carboxylic acids is 1. The quantitative estimate of drug-likeness (QED) is 0.859. The van der Waals surface area contributed by atoms with Gasteiger partial charge in [-0.15, -0.1) is 0 Å². The minimum Gasteiger partial charge on any atom is -0.480 e. The Kier molecular flexibility index (Phi) is 3.56. The average Bonchev–Trinajstić information content (AvgIpc) is 2.32. The second kappa shape index (κ2) is 4.97. The van der Waals surface area contributed by atoms with Gasteiger partial charge in [-0.1, -0.05) is 22.0 Å². The van der Waals surface area contributed by atoms with Crippen LogP contribution in [0, 0.1) is 6.92 Å². The lowest BCUT2D eigenvalue weighted by molar-refractivity contribution is -0.139. The summed E-state index contributed by atoms with van der Waals surface area (Å²) >= 11 is 3.41. The van der Waals surface area contributed by atoms with Gasteiger partial charge in [-0.25, -0.2) is 4.79 Å². The molecule has 0 aromatic heterocycles. The second-order valence-corrected chi connectivity index (χ2v) is 5.07. The molecule has 1 saturated heterocycles. The number of rotatable bonds is 2. The number of carboxylic acid groups (broad SMARTS) is 1. The van der Waals surface area contributed by atoms with Crippen LogP contribution in [-0.4, -0.2) is 36.1 Å². The molecule has 18 heavy (non-hydrogen) atoms. The van der Waals surface area contributed by atoms with E-state index in [1.807, 2.05) is 25.1 Å². The van der Waals surface area contributed by atoms with E-state index in [0.29, 0.717) is 0 Å². The molecule has 6 heteroatoms. The van der Waals surface area contributed by atoms with Crippen LogP contribution >= 0.6 is 15.9 Å². The maximum atomic E-state index is 11.4. The van der Waals surface area contributed by atoms with Crippen molar-refractivity contribution in [3.63, 3.8) is 0 Å². The average molecular weight is 313 g/mol. The molecule has 1 aromatic carbocycles. The zero-order valence-electron chi connectivity index (χ0n) is 9.81. The lowest BCUT2D eigenvalue weighted by Gasteiger charge is -2.34. The molecule has 0 saturated carbocycles. The number of carbonyl (C=O) groups is 2. The summed E-state index contributed by atoms with van der Waals surface area (Å²) in [6.45, 7) is 2.14. The van der Waals surface area contributed by atoms with Gasteiger partial charge in [-0.3, -0.25) is 4.79 Å². The monoisotopic (exact) mass is 312 g/mol. The highest BCUT2D eigenvalue weighted by molar-refractivity contribution is 9.10. The first-order valence-electron chi connectivity index (χ1n) is 5.51. The zero-order valence-corrected chi connectivity index (χ0v) is 11.4. The summed E-state index contributed by atoms with van der Waals surface area (Å²) in [6.07, 6.45) is 0. The van der Waals surface area contributed by atoms with Gasteiger partial charge < -0.3 is 15.3 Å². The number of nitrogens with zero attached hydrogens (tertiary/aromatic N) is 1. The van der Waals surface area contributed by atoms with Crippen LogP contribution in [0.1, 0.15) is 5.56 Å². The van der Waals surface area contributed by atoms with Crippen LogP contribution in [-0.2, 0) is 9.59 Å². The molecule has 0 spiro atoms. The van der Waals surface area contributed by atoms with Crippen LogP contribution in [0.4, 0.5) is 5.69 Å². The molecule has 96 valence electrons. The Labute approximate surface area is 113 Å². The van der Waals surface area contributed by atoms with E-state index in [1.165, 1.54) is 0 Å². The number of piperazine rings is 1. The van der Waals surface area contributed by atoms with E-state index < -0.39 is 12.0 Å². The number of anilines is 1.